The lowest BCUT2D eigenvalue weighted by Gasteiger charge is -2.24. The predicted molar refractivity (Wildman–Crippen MR) is 53.5 cm³/mol. The third-order valence-electron chi connectivity index (χ3n) is 2.78. The summed E-state index contributed by atoms with van der Waals surface area (Å²) in [6.07, 6.45) is 7.24. The first-order valence-electron chi connectivity index (χ1n) is 4.87. The van der Waals surface area contributed by atoms with Crippen molar-refractivity contribution >= 4 is 11.3 Å². The Morgan fingerprint density at radius 1 is 1.23 bits per heavy atom. The van der Waals surface area contributed by atoms with Gasteiger partial charge in [-0.05, 0) is 12.8 Å². The molecule has 1 aliphatic carbocycles. The average Bonchev–Trinajstić information content (AvgIpc) is 2.57. The van der Waals surface area contributed by atoms with Gasteiger partial charge >= 0.3 is 0 Å². The van der Waals surface area contributed by atoms with Crippen LogP contribution in [0.5, 0.6) is 0 Å². The molecule has 4 heteroatoms. The second-order valence-corrected chi connectivity index (χ2v) is 4.65. The molecule has 1 fully saturated rings. The molecule has 1 aromatic rings. The molecule has 0 amide bonds. The number of hydrogen-bond donors (Lipinski definition) is 1. The Kier molecular flexibility index (Phi) is 2.60. The molecule has 72 valence electrons. The Morgan fingerprint density at radius 2 is 1.92 bits per heavy atom. The van der Waals surface area contributed by atoms with Crippen molar-refractivity contribution in [3.8, 4) is 0 Å². The monoisotopic (exact) mass is 197 g/mol. The highest BCUT2D eigenvalue weighted by atomic mass is 32.1. The Balaban J connectivity index is 2.17. The molecule has 3 nitrogen and oxygen atoms in total. The van der Waals surface area contributed by atoms with Crippen LogP contribution < -0.4 is 5.73 Å². The van der Waals surface area contributed by atoms with Crippen molar-refractivity contribution < 1.29 is 0 Å². The second kappa shape index (κ2) is 3.72. The molecule has 0 atom stereocenters. The third kappa shape index (κ3) is 1.89. The number of rotatable bonds is 1. The van der Waals surface area contributed by atoms with E-state index in [0.29, 0.717) is 0 Å². The molecule has 1 saturated carbocycles. The summed E-state index contributed by atoms with van der Waals surface area (Å²) in [6, 6.07) is 0. The maximum atomic E-state index is 6.33. The molecule has 1 heterocycles. The summed E-state index contributed by atoms with van der Waals surface area (Å²) in [4.78, 5) is 0. The van der Waals surface area contributed by atoms with Gasteiger partial charge in [0, 0.05) is 0 Å². The first-order valence-corrected chi connectivity index (χ1v) is 5.75. The van der Waals surface area contributed by atoms with Crippen molar-refractivity contribution in [3.05, 3.63) is 10.5 Å². The van der Waals surface area contributed by atoms with Gasteiger partial charge in [0.2, 0.25) is 0 Å². The van der Waals surface area contributed by atoms with E-state index < -0.39 is 0 Å². The number of hydrogen-bond acceptors (Lipinski definition) is 4. The molecule has 0 aliphatic heterocycles. The molecule has 0 bridgehead atoms. The molecular formula is C9H15N3S. The topological polar surface area (TPSA) is 51.8 Å². The van der Waals surface area contributed by atoms with Crippen molar-refractivity contribution in [3.63, 3.8) is 0 Å². The van der Waals surface area contributed by atoms with Gasteiger partial charge in [-0.25, -0.2) is 0 Å². The van der Waals surface area contributed by atoms with E-state index in [1.807, 2.05) is 0 Å². The smallest absolute Gasteiger partial charge is 0.137 e. The summed E-state index contributed by atoms with van der Waals surface area (Å²) < 4.78 is 0. The maximum absolute atomic E-state index is 6.33. The quantitative estimate of drug-likeness (QED) is 0.701. The van der Waals surface area contributed by atoms with Crippen molar-refractivity contribution in [2.75, 3.05) is 0 Å². The Bertz CT molecular complexity index is 250. The summed E-state index contributed by atoms with van der Waals surface area (Å²) >= 11 is 1.59. The minimum atomic E-state index is -0.169. The van der Waals surface area contributed by atoms with Crippen LogP contribution in [0, 0.1) is 0 Å². The summed E-state index contributed by atoms with van der Waals surface area (Å²) in [5, 5.41) is 8.98. The predicted octanol–water partition coefficient (Wildman–Crippen LogP) is 2.05. The lowest BCUT2D eigenvalue weighted by Crippen LogP contribution is -2.35. The summed E-state index contributed by atoms with van der Waals surface area (Å²) in [7, 11) is 0. The summed E-state index contributed by atoms with van der Waals surface area (Å²) in [5.74, 6) is 0. The van der Waals surface area contributed by atoms with Crippen molar-refractivity contribution in [2.45, 2.75) is 44.1 Å². The van der Waals surface area contributed by atoms with Gasteiger partial charge in [-0.15, -0.1) is 21.5 Å². The first-order chi connectivity index (χ1) is 6.31. The van der Waals surface area contributed by atoms with E-state index >= 15 is 0 Å². The fourth-order valence-electron chi connectivity index (χ4n) is 1.96. The highest BCUT2D eigenvalue weighted by molar-refractivity contribution is 7.09. The van der Waals surface area contributed by atoms with Crippen LogP contribution in [0.1, 0.15) is 43.5 Å². The maximum Gasteiger partial charge on any atom is 0.137 e. The summed E-state index contributed by atoms with van der Waals surface area (Å²) in [5.41, 5.74) is 7.94. The van der Waals surface area contributed by atoms with Crippen LogP contribution in [-0.4, -0.2) is 10.2 Å². The van der Waals surface area contributed by atoms with Crippen molar-refractivity contribution in [2.24, 2.45) is 5.73 Å². The number of nitrogens with two attached hydrogens (primary N) is 1. The first kappa shape index (κ1) is 9.09. The lowest BCUT2D eigenvalue weighted by molar-refractivity contribution is 0.381. The molecule has 2 N–H and O–H groups in total. The highest BCUT2D eigenvalue weighted by Gasteiger charge is 2.30. The average molecular weight is 197 g/mol. The Hall–Kier alpha value is -0.480. The van der Waals surface area contributed by atoms with Gasteiger partial charge in [0.05, 0.1) is 5.54 Å². The van der Waals surface area contributed by atoms with Crippen LogP contribution in [0.2, 0.25) is 0 Å². The molecule has 1 aliphatic rings. The van der Waals surface area contributed by atoms with Gasteiger partial charge in [-0.3, -0.25) is 0 Å². The van der Waals surface area contributed by atoms with E-state index in [4.69, 9.17) is 5.73 Å². The molecule has 1 aromatic heterocycles. The van der Waals surface area contributed by atoms with Crippen LogP contribution in [0.3, 0.4) is 0 Å². The third-order valence-corrected chi connectivity index (χ3v) is 3.69. The van der Waals surface area contributed by atoms with E-state index in [9.17, 15) is 0 Å². The van der Waals surface area contributed by atoms with Crippen LogP contribution >= 0.6 is 11.3 Å². The van der Waals surface area contributed by atoms with Gasteiger partial charge in [0.15, 0.2) is 0 Å². The number of nitrogens with zero attached hydrogens (tertiary/aromatic N) is 2. The lowest BCUT2D eigenvalue weighted by atomic mass is 9.92. The zero-order valence-corrected chi connectivity index (χ0v) is 8.52. The largest absolute Gasteiger partial charge is 0.319 e. The molecule has 2 rings (SSSR count). The van der Waals surface area contributed by atoms with Crippen molar-refractivity contribution in [1.82, 2.24) is 10.2 Å². The SMILES string of the molecule is NC1(c2nncs2)CCCCCC1. The van der Waals surface area contributed by atoms with Crippen molar-refractivity contribution in [1.29, 1.82) is 0 Å². The molecule has 0 aromatic carbocycles. The zero-order chi connectivity index (χ0) is 9.15. The van der Waals surface area contributed by atoms with Crippen LogP contribution in [-0.2, 0) is 5.54 Å². The summed E-state index contributed by atoms with van der Waals surface area (Å²) in [6.45, 7) is 0. The molecule has 0 saturated heterocycles. The Labute approximate surface area is 82.4 Å². The van der Waals surface area contributed by atoms with E-state index in [2.05, 4.69) is 10.2 Å². The zero-order valence-electron chi connectivity index (χ0n) is 7.70. The second-order valence-electron chi connectivity index (χ2n) is 3.81. The minimum Gasteiger partial charge on any atom is -0.319 e. The van der Waals surface area contributed by atoms with Gasteiger partial charge < -0.3 is 5.73 Å². The van der Waals surface area contributed by atoms with Crippen LogP contribution in [0.4, 0.5) is 0 Å². The van der Waals surface area contributed by atoms with Crippen LogP contribution in [0.25, 0.3) is 0 Å². The fourth-order valence-corrected chi connectivity index (χ4v) is 2.69. The number of aromatic nitrogens is 2. The molecular weight excluding hydrogens is 182 g/mol. The van der Waals surface area contributed by atoms with Gasteiger partial charge in [-0.2, -0.15) is 0 Å². The molecule has 0 spiro atoms. The Morgan fingerprint density at radius 3 is 2.46 bits per heavy atom. The normalized spacial score (nSPS) is 22.5. The van der Waals surface area contributed by atoms with Gasteiger partial charge in [0.25, 0.3) is 0 Å². The van der Waals surface area contributed by atoms with Crippen LogP contribution in [0.15, 0.2) is 5.51 Å². The minimum absolute atomic E-state index is 0.169. The highest BCUT2D eigenvalue weighted by Crippen LogP contribution is 2.33. The van der Waals surface area contributed by atoms with E-state index in [0.717, 1.165) is 17.8 Å². The van der Waals surface area contributed by atoms with E-state index in [1.165, 1.54) is 25.7 Å². The van der Waals surface area contributed by atoms with Gasteiger partial charge in [-0.1, -0.05) is 25.7 Å². The van der Waals surface area contributed by atoms with E-state index in [1.54, 1.807) is 16.8 Å². The molecule has 0 radical (unpaired) electrons. The molecule has 0 unspecified atom stereocenters. The fraction of sp³-hybridized carbons (Fsp3) is 0.778. The van der Waals surface area contributed by atoms with E-state index in [-0.39, 0.29) is 5.54 Å². The standard InChI is InChI=1S/C9H15N3S/c10-9(8-12-11-7-13-8)5-3-1-2-4-6-9/h7H,1-6,10H2. The van der Waals surface area contributed by atoms with Gasteiger partial charge in [0.1, 0.15) is 10.5 Å². The molecule has 13 heavy (non-hydrogen) atoms.